The quantitative estimate of drug-likeness (QED) is 0.892. The van der Waals surface area contributed by atoms with E-state index in [9.17, 15) is 22.8 Å². The molecule has 2 rings (SSSR count). The molecule has 132 valence electrons. The van der Waals surface area contributed by atoms with E-state index in [1.807, 2.05) is 4.90 Å². The van der Waals surface area contributed by atoms with Crippen molar-refractivity contribution in [3.8, 4) is 0 Å². The second-order valence-electron chi connectivity index (χ2n) is 5.71. The van der Waals surface area contributed by atoms with Crippen LogP contribution in [-0.2, 0) is 22.2 Å². The van der Waals surface area contributed by atoms with Crippen LogP contribution in [0.25, 0.3) is 0 Å². The number of nitrogens with one attached hydrogen (secondary N) is 1. The number of carbonyl (C=O) groups is 2. The molecule has 5 nitrogen and oxygen atoms in total. The first-order chi connectivity index (χ1) is 11.3. The Bertz CT molecular complexity index is 596. The van der Waals surface area contributed by atoms with Gasteiger partial charge in [0.25, 0.3) is 0 Å². The Labute approximate surface area is 138 Å². The van der Waals surface area contributed by atoms with Crippen LogP contribution < -0.4 is 5.32 Å². The van der Waals surface area contributed by atoms with Crippen molar-refractivity contribution in [3.05, 3.63) is 35.4 Å². The Kier molecular flexibility index (Phi) is 5.82. The Morgan fingerprint density at radius 3 is 2.42 bits per heavy atom. The van der Waals surface area contributed by atoms with E-state index < -0.39 is 11.7 Å². The molecule has 1 heterocycles. The SMILES string of the molecule is CNC(=O)CN1CCN(C(=O)Cc2cccc(C(F)(F)F)c2)CC1. The molecule has 1 aromatic carbocycles. The number of hydrogen-bond donors (Lipinski definition) is 1. The Balaban J connectivity index is 1.89. The molecule has 1 N–H and O–H groups in total. The molecule has 0 spiro atoms. The molecule has 0 unspecified atom stereocenters. The van der Waals surface area contributed by atoms with Crippen molar-refractivity contribution in [2.75, 3.05) is 39.8 Å². The average Bonchev–Trinajstić information content (AvgIpc) is 2.54. The predicted molar refractivity (Wildman–Crippen MR) is 82.2 cm³/mol. The molecule has 24 heavy (non-hydrogen) atoms. The lowest BCUT2D eigenvalue weighted by atomic mass is 10.1. The number of carbonyl (C=O) groups excluding carboxylic acids is 2. The van der Waals surface area contributed by atoms with Crippen LogP contribution in [0.3, 0.4) is 0 Å². The van der Waals surface area contributed by atoms with Gasteiger partial charge in [-0.1, -0.05) is 18.2 Å². The highest BCUT2D eigenvalue weighted by molar-refractivity contribution is 5.79. The van der Waals surface area contributed by atoms with E-state index in [1.54, 1.807) is 11.9 Å². The maximum absolute atomic E-state index is 12.7. The molecule has 0 aliphatic carbocycles. The summed E-state index contributed by atoms with van der Waals surface area (Å²) < 4.78 is 38.1. The molecule has 1 aliphatic heterocycles. The van der Waals surface area contributed by atoms with Crippen molar-refractivity contribution in [3.63, 3.8) is 0 Å². The number of halogens is 3. The first kappa shape index (κ1) is 18.3. The van der Waals surface area contributed by atoms with Crippen LogP contribution >= 0.6 is 0 Å². The maximum atomic E-state index is 12.7. The molecule has 0 radical (unpaired) electrons. The van der Waals surface area contributed by atoms with E-state index in [0.29, 0.717) is 31.7 Å². The molecule has 1 saturated heterocycles. The highest BCUT2D eigenvalue weighted by Crippen LogP contribution is 2.29. The lowest BCUT2D eigenvalue weighted by Crippen LogP contribution is -2.51. The van der Waals surface area contributed by atoms with Gasteiger partial charge < -0.3 is 10.2 Å². The molecule has 0 aromatic heterocycles. The number of likely N-dealkylation sites (N-methyl/N-ethyl adjacent to an activating group) is 1. The Morgan fingerprint density at radius 2 is 1.83 bits per heavy atom. The molecule has 2 amide bonds. The molecule has 1 fully saturated rings. The van der Waals surface area contributed by atoms with Crippen molar-refractivity contribution in [1.29, 1.82) is 0 Å². The van der Waals surface area contributed by atoms with Gasteiger partial charge in [0.05, 0.1) is 18.5 Å². The lowest BCUT2D eigenvalue weighted by molar-refractivity contribution is -0.138. The summed E-state index contributed by atoms with van der Waals surface area (Å²) >= 11 is 0. The second kappa shape index (κ2) is 7.65. The Hall–Kier alpha value is -2.09. The van der Waals surface area contributed by atoms with Crippen LogP contribution in [0.2, 0.25) is 0 Å². The fourth-order valence-corrected chi connectivity index (χ4v) is 2.58. The fourth-order valence-electron chi connectivity index (χ4n) is 2.58. The first-order valence-corrected chi connectivity index (χ1v) is 7.66. The maximum Gasteiger partial charge on any atom is 0.416 e. The summed E-state index contributed by atoms with van der Waals surface area (Å²) in [5.74, 6) is -0.285. The van der Waals surface area contributed by atoms with Crippen LogP contribution in [-0.4, -0.2) is 61.4 Å². The molecule has 0 atom stereocenters. The summed E-state index contributed by atoms with van der Waals surface area (Å²) in [4.78, 5) is 27.1. The van der Waals surface area contributed by atoms with Gasteiger partial charge in [-0.25, -0.2) is 0 Å². The highest BCUT2D eigenvalue weighted by atomic mass is 19.4. The van der Waals surface area contributed by atoms with Gasteiger partial charge in [0, 0.05) is 33.2 Å². The summed E-state index contributed by atoms with van der Waals surface area (Å²) in [6, 6.07) is 4.84. The van der Waals surface area contributed by atoms with Crippen molar-refractivity contribution >= 4 is 11.8 Å². The smallest absolute Gasteiger partial charge is 0.358 e. The van der Waals surface area contributed by atoms with Gasteiger partial charge >= 0.3 is 6.18 Å². The minimum atomic E-state index is -4.41. The highest BCUT2D eigenvalue weighted by Gasteiger charge is 2.30. The van der Waals surface area contributed by atoms with Crippen molar-refractivity contribution in [1.82, 2.24) is 15.1 Å². The standard InChI is InChI=1S/C16H20F3N3O2/c1-20-14(23)11-21-5-7-22(8-6-21)15(24)10-12-3-2-4-13(9-12)16(17,18)19/h2-4,9H,5-8,10-11H2,1H3,(H,20,23). The molecule has 0 saturated carbocycles. The van der Waals surface area contributed by atoms with Gasteiger partial charge in [-0.2, -0.15) is 13.2 Å². The normalized spacial score (nSPS) is 16.1. The van der Waals surface area contributed by atoms with Crippen molar-refractivity contribution in [2.24, 2.45) is 0 Å². The molecule has 1 aliphatic rings. The molecular formula is C16H20F3N3O2. The number of hydrogen-bond acceptors (Lipinski definition) is 3. The van der Waals surface area contributed by atoms with Gasteiger partial charge in [0.2, 0.25) is 11.8 Å². The minimum absolute atomic E-state index is 0.0562. The van der Waals surface area contributed by atoms with Crippen molar-refractivity contribution < 1.29 is 22.8 Å². The van der Waals surface area contributed by atoms with E-state index in [2.05, 4.69) is 5.32 Å². The number of amides is 2. The van der Waals surface area contributed by atoms with E-state index >= 15 is 0 Å². The first-order valence-electron chi connectivity index (χ1n) is 7.66. The summed E-state index contributed by atoms with van der Waals surface area (Å²) in [6.45, 7) is 2.36. The number of benzene rings is 1. The zero-order valence-corrected chi connectivity index (χ0v) is 13.4. The monoisotopic (exact) mass is 343 g/mol. The number of rotatable bonds is 4. The molecule has 1 aromatic rings. The molecule has 0 bridgehead atoms. The topological polar surface area (TPSA) is 52.7 Å². The van der Waals surface area contributed by atoms with Crippen LogP contribution in [0, 0.1) is 0 Å². The third kappa shape index (κ3) is 4.95. The van der Waals surface area contributed by atoms with E-state index in [1.165, 1.54) is 12.1 Å². The van der Waals surface area contributed by atoms with Gasteiger partial charge in [-0.05, 0) is 11.6 Å². The summed E-state index contributed by atoms with van der Waals surface area (Å²) in [5, 5.41) is 2.54. The summed E-state index contributed by atoms with van der Waals surface area (Å²) in [5.41, 5.74) is -0.397. The van der Waals surface area contributed by atoms with Gasteiger partial charge in [-0.3, -0.25) is 14.5 Å². The lowest BCUT2D eigenvalue weighted by Gasteiger charge is -2.34. The predicted octanol–water partition coefficient (Wildman–Crippen LogP) is 1.14. The average molecular weight is 343 g/mol. The largest absolute Gasteiger partial charge is 0.416 e. The van der Waals surface area contributed by atoms with Crippen molar-refractivity contribution in [2.45, 2.75) is 12.6 Å². The third-order valence-corrected chi connectivity index (χ3v) is 3.98. The van der Waals surface area contributed by atoms with Crippen LogP contribution in [0.15, 0.2) is 24.3 Å². The third-order valence-electron chi connectivity index (χ3n) is 3.98. The van der Waals surface area contributed by atoms with E-state index in [0.717, 1.165) is 12.1 Å². The zero-order chi connectivity index (χ0) is 17.7. The van der Waals surface area contributed by atoms with E-state index in [-0.39, 0.29) is 24.8 Å². The summed E-state index contributed by atoms with van der Waals surface area (Å²) in [7, 11) is 1.57. The van der Waals surface area contributed by atoms with Crippen LogP contribution in [0.5, 0.6) is 0 Å². The second-order valence-corrected chi connectivity index (χ2v) is 5.71. The minimum Gasteiger partial charge on any atom is -0.358 e. The Morgan fingerprint density at radius 1 is 1.17 bits per heavy atom. The fraction of sp³-hybridized carbons (Fsp3) is 0.500. The molecule has 8 heteroatoms. The number of alkyl halides is 3. The van der Waals surface area contributed by atoms with Gasteiger partial charge in [0.1, 0.15) is 0 Å². The number of piperazine rings is 1. The molecular weight excluding hydrogens is 323 g/mol. The van der Waals surface area contributed by atoms with Crippen LogP contribution in [0.4, 0.5) is 13.2 Å². The van der Waals surface area contributed by atoms with E-state index in [4.69, 9.17) is 0 Å². The van der Waals surface area contributed by atoms with Crippen LogP contribution in [0.1, 0.15) is 11.1 Å². The zero-order valence-electron chi connectivity index (χ0n) is 13.4. The van der Waals surface area contributed by atoms with Gasteiger partial charge in [0.15, 0.2) is 0 Å². The summed E-state index contributed by atoms with van der Waals surface area (Å²) in [6.07, 6.45) is -4.47. The number of nitrogens with zero attached hydrogens (tertiary/aromatic N) is 2. The van der Waals surface area contributed by atoms with Gasteiger partial charge in [-0.15, -0.1) is 0 Å².